The summed E-state index contributed by atoms with van der Waals surface area (Å²) in [5.41, 5.74) is -6.04. The third-order valence-corrected chi connectivity index (χ3v) is 14.5. The van der Waals surface area contributed by atoms with Crippen molar-refractivity contribution in [3.8, 4) is 0 Å². The van der Waals surface area contributed by atoms with Crippen LogP contribution >= 0.6 is 15.8 Å². The molecule has 0 aliphatic rings. The highest BCUT2D eigenvalue weighted by Crippen LogP contribution is 2.49. The van der Waals surface area contributed by atoms with Crippen LogP contribution in [-0.4, -0.2) is 5.66 Å². The number of alkyl halides is 12. The fourth-order valence-corrected chi connectivity index (χ4v) is 12.4. The van der Waals surface area contributed by atoms with Crippen molar-refractivity contribution >= 4 is 42.4 Å². The van der Waals surface area contributed by atoms with Crippen LogP contribution in [0.3, 0.4) is 0 Å². The summed E-state index contributed by atoms with van der Waals surface area (Å²) in [6.45, 7) is 5.31. The van der Waals surface area contributed by atoms with E-state index >= 15 is 0 Å². The van der Waals surface area contributed by atoms with Gasteiger partial charge in [-0.2, -0.15) is 52.7 Å². The van der Waals surface area contributed by atoms with E-state index in [2.05, 4.69) is 6.07 Å². The van der Waals surface area contributed by atoms with Crippen molar-refractivity contribution in [3.63, 3.8) is 0 Å². The number of rotatable bonds is 11. The normalized spacial score (nSPS) is 14.5. The maximum absolute atomic E-state index is 14.1. The summed E-state index contributed by atoms with van der Waals surface area (Å²) in [7, 11) is -3.93. The van der Waals surface area contributed by atoms with E-state index < -0.39 is 85.0 Å². The van der Waals surface area contributed by atoms with Gasteiger partial charge in [-0.15, -0.1) is 0 Å². The molecular weight excluding hydrogens is 794 g/mol. The Morgan fingerprint density at radius 1 is 0.500 bits per heavy atom. The maximum atomic E-state index is 14.1. The molecule has 0 spiro atoms. The maximum Gasteiger partial charge on any atom is 0.416 e. The number of halogens is 12. The number of hydrogen-bond donors (Lipinski definition) is 0. The smallest absolute Gasteiger partial charge is 0.166 e. The molecule has 0 radical (unpaired) electrons. The van der Waals surface area contributed by atoms with Gasteiger partial charge >= 0.3 is 24.7 Å². The summed E-state index contributed by atoms with van der Waals surface area (Å²) in [4.78, 5) is 0. The molecule has 0 amide bonds. The molecule has 5 rings (SSSR count). The molecule has 0 aliphatic heterocycles. The zero-order chi connectivity index (χ0) is 41.2. The molecule has 0 heterocycles. The zero-order valence-corrected chi connectivity index (χ0v) is 32.0. The van der Waals surface area contributed by atoms with Gasteiger partial charge in [-0.05, 0) is 116 Å². The van der Waals surface area contributed by atoms with Crippen LogP contribution in [0.2, 0.25) is 0 Å². The Morgan fingerprint density at radius 2 is 0.946 bits per heavy atom. The molecule has 14 heteroatoms. The quantitative estimate of drug-likeness (QED) is 0.0919. The number of hydrogen-bond acceptors (Lipinski definition) is 0. The fourth-order valence-electron chi connectivity index (χ4n) is 6.89. The third kappa shape index (κ3) is 10.3. The van der Waals surface area contributed by atoms with Gasteiger partial charge in [0.05, 0.1) is 22.3 Å². The van der Waals surface area contributed by atoms with Gasteiger partial charge in [-0.1, -0.05) is 105 Å². The summed E-state index contributed by atoms with van der Waals surface area (Å²) in [5, 5.41) is 1.65. The second-order valence-corrected chi connectivity index (χ2v) is 18.4. The Bertz CT molecular complexity index is 1960. The largest absolute Gasteiger partial charge is 0.416 e. The molecule has 0 aliphatic carbocycles. The topological polar surface area (TPSA) is 0 Å². The molecular formula is C42H36F12P2. The second kappa shape index (κ2) is 16.9. The van der Waals surface area contributed by atoms with Gasteiger partial charge in [0.1, 0.15) is 0 Å². The van der Waals surface area contributed by atoms with Crippen LogP contribution < -0.4 is 26.5 Å². The van der Waals surface area contributed by atoms with Crippen LogP contribution in [0.1, 0.15) is 72.4 Å². The minimum absolute atomic E-state index is 0.0253. The average molecular weight is 831 g/mol. The first-order chi connectivity index (χ1) is 26.1. The highest BCUT2D eigenvalue weighted by Gasteiger charge is 2.41. The molecule has 5 aromatic carbocycles. The van der Waals surface area contributed by atoms with E-state index in [4.69, 9.17) is 0 Å². The van der Waals surface area contributed by atoms with Gasteiger partial charge in [-0.3, -0.25) is 0 Å². The number of aryl methyl sites for hydroxylation is 1. The first-order valence-corrected chi connectivity index (χ1v) is 20.2. The van der Waals surface area contributed by atoms with Crippen molar-refractivity contribution in [2.45, 2.75) is 76.3 Å². The lowest BCUT2D eigenvalue weighted by Gasteiger charge is -2.32. The third-order valence-electron chi connectivity index (χ3n) is 9.30. The highest BCUT2D eigenvalue weighted by atomic mass is 31.1. The van der Waals surface area contributed by atoms with E-state index in [0.717, 1.165) is 27.0 Å². The zero-order valence-electron chi connectivity index (χ0n) is 30.2. The molecule has 56 heavy (non-hydrogen) atoms. The Hall–Kier alpha value is -3.88. The lowest BCUT2D eigenvalue weighted by molar-refractivity contribution is -0.144. The van der Waals surface area contributed by atoms with E-state index in [1.807, 2.05) is 80.6 Å². The van der Waals surface area contributed by atoms with E-state index in [9.17, 15) is 52.7 Å². The molecule has 0 saturated heterocycles. The summed E-state index contributed by atoms with van der Waals surface area (Å²) in [5.74, 6) is -0.435. The SMILES string of the molecule is CCC[C@@H](C[C@@H](C)P(c1cc(C(F)(F)F)cc(C(F)(F)F)c1)c1cc(C(F)(F)F)cc(C(F)(F)F)c1)c1ccccc1P(c1ccccc1)c1cccc(C)c1. The van der Waals surface area contributed by atoms with Gasteiger partial charge in [0.25, 0.3) is 0 Å². The van der Waals surface area contributed by atoms with Crippen molar-refractivity contribution in [1.82, 2.24) is 0 Å². The molecule has 0 aromatic heterocycles. The highest BCUT2D eigenvalue weighted by molar-refractivity contribution is 7.80. The van der Waals surface area contributed by atoms with Crippen molar-refractivity contribution in [3.05, 3.63) is 149 Å². The molecule has 5 aromatic rings. The van der Waals surface area contributed by atoms with Crippen LogP contribution in [0.15, 0.2) is 115 Å². The Morgan fingerprint density at radius 3 is 1.39 bits per heavy atom. The van der Waals surface area contributed by atoms with Crippen LogP contribution in [0.5, 0.6) is 0 Å². The molecule has 0 saturated carbocycles. The lowest BCUT2D eigenvalue weighted by atomic mass is 9.90. The predicted molar refractivity (Wildman–Crippen MR) is 201 cm³/mol. The van der Waals surface area contributed by atoms with Crippen LogP contribution in [0, 0.1) is 6.92 Å². The fraction of sp³-hybridized carbons (Fsp3) is 0.286. The molecule has 0 N–H and O–H groups in total. The van der Waals surface area contributed by atoms with Crippen molar-refractivity contribution < 1.29 is 52.7 Å². The first-order valence-electron chi connectivity index (χ1n) is 17.5. The van der Waals surface area contributed by atoms with Gasteiger partial charge in [-0.25, -0.2) is 0 Å². The second-order valence-electron chi connectivity index (χ2n) is 13.5. The lowest BCUT2D eigenvalue weighted by Crippen LogP contribution is -2.28. The van der Waals surface area contributed by atoms with Crippen LogP contribution in [0.4, 0.5) is 52.7 Å². The van der Waals surface area contributed by atoms with Gasteiger partial charge < -0.3 is 0 Å². The molecule has 0 fully saturated rings. The van der Waals surface area contributed by atoms with E-state index in [-0.39, 0.29) is 18.6 Å². The molecule has 1 unspecified atom stereocenters. The Balaban J connectivity index is 1.74. The molecule has 0 nitrogen and oxygen atoms in total. The van der Waals surface area contributed by atoms with E-state index in [1.165, 1.54) is 6.92 Å². The van der Waals surface area contributed by atoms with Crippen molar-refractivity contribution in [1.29, 1.82) is 0 Å². The monoisotopic (exact) mass is 830 g/mol. The first kappa shape index (κ1) is 43.2. The molecule has 0 bridgehead atoms. The standard InChI is InChI=1S/C42H36F12P2/c1-4-11-28(37-16-8-9-17-38(37)56(33-13-6-5-7-14-33)34-15-10-12-26(2)18-34)19-27(3)55(35-22-29(39(43,44)45)20-30(23-35)40(46,47)48)36-24-31(41(49,50)51)21-32(25-36)42(52,53)54/h5-10,12-18,20-25,27-28H,4,11,19H2,1-3H3/t27-,28+,56?/m1/s1. The summed E-state index contributed by atoms with van der Waals surface area (Å²) >= 11 is 0. The predicted octanol–water partition coefficient (Wildman–Crippen LogP) is 12.6. The molecule has 3 atom stereocenters. The number of benzene rings is 5. The van der Waals surface area contributed by atoms with Crippen LogP contribution in [-0.2, 0) is 24.7 Å². The summed E-state index contributed by atoms with van der Waals surface area (Å²) < 4.78 is 170. The van der Waals surface area contributed by atoms with Gasteiger partial charge in [0.15, 0.2) is 0 Å². The Labute approximate surface area is 319 Å². The Kier molecular flexibility index (Phi) is 13.1. The van der Waals surface area contributed by atoms with Gasteiger partial charge in [0, 0.05) is 0 Å². The van der Waals surface area contributed by atoms with Crippen LogP contribution in [0.25, 0.3) is 0 Å². The van der Waals surface area contributed by atoms with E-state index in [1.54, 1.807) is 6.07 Å². The molecule has 298 valence electrons. The van der Waals surface area contributed by atoms with Gasteiger partial charge in [0.2, 0.25) is 0 Å². The van der Waals surface area contributed by atoms with Crippen molar-refractivity contribution in [2.24, 2.45) is 0 Å². The minimum atomic E-state index is -5.31. The summed E-state index contributed by atoms with van der Waals surface area (Å²) in [6, 6.07) is 26.5. The van der Waals surface area contributed by atoms with E-state index in [0.29, 0.717) is 37.1 Å². The summed E-state index contributed by atoms with van der Waals surface area (Å²) in [6.07, 6.45) is -20.2. The van der Waals surface area contributed by atoms with Crippen molar-refractivity contribution in [2.75, 3.05) is 0 Å². The minimum Gasteiger partial charge on any atom is -0.166 e. The average Bonchev–Trinajstić information content (AvgIpc) is 3.11.